The molecule has 144 valence electrons. The molecule has 27 heavy (non-hydrogen) atoms. The van der Waals surface area contributed by atoms with E-state index in [0.29, 0.717) is 23.1 Å². The number of hydrogen-bond acceptors (Lipinski definition) is 4. The van der Waals surface area contributed by atoms with Crippen molar-refractivity contribution in [1.29, 1.82) is 0 Å². The van der Waals surface area contributed by atoms with Crippen LogP contribution >= 0.6 is 11.6 Å². The minimum absolute atomic E-state index is 0.177. The van der Waals surface area contributed by atoms with Crippen molar-refractivity contribution in [3.05, 3.63) is 59.1 Å². The third-order valence-corrected chi connectivity index (χ3v) is 4.01. The lowest BCUT2D eigenvalue weighted by Gasteiger charge is -2.30. The molecule has 0 aromatic heterocycles. The first-order chi connectivity index (χ1) is 12.7. The van der Waals surface area contributed by atoms with E-state index in [9.17, 15) is 9.59 Å². The predicted molar refractivity (Wildman–Crippen MR) is 102 cm³/mol. The minimum Gasteiger partial charge on any atom is -0.482 e. The molecule has 7 heteroatoms. The molecule has 0 aliphatic carbocycles. The molecule has 1 N–H and O–H groups in total. The number of benzene rings is 2. The van der Waals surface area contributed by atoms with E-state index in [4.69, 9.17) is 26.2 Å². The lowest BCUT2D eigenvalue weighted by molar-refractivity contribution is -0.144. The molecule has 0 heterocycles. The number of halogens is 1. The van der Waals surface area contributed by atoms with Crippen LogP contribution in [0.1, 0.15) is 19.4 Å². The highest BCUT2D eigenvalue weighted by Crippen LogP contribution is 2.23. The smallest absolute Gasteiger partial charge is 0.341 e. The number of amides is 1. The Kier molecular flexibility index (Phi) is 6.69. The summed E-state index contributed by atoms with van der Waals surface area (Å²) >= 11 is 5.86. The van der Waals surface area contributed by atoms with Crippen molar-refractivity contribution >= 4 is 23.5 Å². The number of nitrogens with zero attached hydrogens (tertiary/aromatic N) is 1. The maximum Gasteiger partial charge on any atom is 0.341 e. The van der Waals surface area contributed by atoms with Crippen LogP contribution in [0.3, 0.4) is 0 Å². The van der Waals surface area contributed by atoms with Crippen LogP contribution in [0.2, 0.25) is 5.02 Å². The number of rotatable bonds is 8. The van der Waals surface area contributed by atoms with Gasteiger partial charge in [0.25, 0.3) is 5.91 Å². The summed E-state index contributed by atoms with van der Waals surface area (Å²) in [5, 5.41) is 9.21. The second-order valence-corrected chi connectivity index (χ2v) is 6.99. The summed E-state index contributed by atoms with van der Waals surface area (Å²) in [6.45, 7) is 3.41. The number of carbonyl (C=O) groups excluding carboxylic acids is 1. The van der Waals surface area contributed by atoms with Gasteiger partial charge in [-0.2, -0.15) is 0 Å². The molecule has 0 radical (unpaired) electrons. The number of likely N-dealkylation sites (N-methyl/N-ethyl adjacent to an activating group) is 1. The van der Waals surface area contributed by atoms with Gasteiger partial charge in [-0.3, -0.25) is 4.79 Å². The van der Waals surface area contributed by atoms with E-state index in [1.165, 1.54) is 0 Å². The van der Waals surface area contributed by atoms with Crippen LogP contribution < -0.4 is 9.47 Å². The van der Waals surface area contributed by atoms with E-state index >= 15 is 0 Å². The molecule has 2 aromatic carbocycles. The van der Waals surface area contributed by atoms with Crippen LogP contribution in [-0.4, -0.2) is 41.1 Å². The van der Waals surface area contributed by atoms with Crippen molar-refractivity contribution in [1.82, 2.24) is 4.90 Å². The summed E-state index contributed by atoms with van der Waals surface area (Å²) < 4.78 is 10.9. The summed E-state index contributed by atoms with van der Waals surface area (Å²) in [6.07, 6.45) is 0. The van der Waals surface area contributed by atoms with Gasteiger partial charge >= 0.3 is 5.97 Å². The van der Waals surface area contributed by atoms with Gasteiger partial charge in [0.1, 0.15) is 11.5 Å². The Bertz CT molecular complexity index is 787. The number of carbonyl (C=O) groups is 2. The molecule has 0 saturated heterocycles. The fraction of sp³-hybridized carbons (Fsp3) is 0.300. The molecular formula is C20H22ClNO5. The first-order valence-corrected chi connectivity index (χ1v) is 8.69. The largest absolute Gasteiger partial charge is 0.482 e. The molecule has 0 unspecified atom stereocenters. The first kappa shape index (κ1) is 20.6. The Morgan fingerprint density at radius 1 is 1.04 bits per heavy atom. The van der Waals surface area contributed by atoms with E-state index in [1.54, 1.807) is 74.3 Å². The second kappa shape index (κ2) is 8.77. The standard InChI is InChI=1S/C20H22ClNO5/c1-20(2,27-17-10-6-15(21)7-11-17)19(25)22(3)12-14-4-8-16(9-5-14)26-13-18(23)24/h4-11H,12-13H2,1-3H3,(H,23,24). The average Bonchev–Trinajstić information content (AvgIpc) is 2.62. The number of ether oxygens (including phenoxy) is 2. The molecule has 1 amide bonds. The van der Waals surface area contributed by atoms with Gasteiger partial charge < -0.3 is 19.5 Å². The molecule has 0 saturated carbocycles. The predicted octanol–water partition coefficient (Wildman–Crippen LogP) is 3.62. The Labute approximate surface area is 163 Å². The van der Waals surface area contributed by atoms with E-state index < -0.39 is 18.2 Å². The van der Waals surface area contributed by atoms with E-state index in [0.717, 1.165) is 5.56 Å². The van der Waals surface area contributed by atoms with Crippen LogP contribution in [0.15, 0.2) is 48.5 Å². The van der Waals surface area contributed by atoms with Gasteiger partial charge in [0.15, 0.2) is 12.2 Å². The Morgan fingerprint density at radius 3 is 2.15 bits per heavy atom. The lowest BCUT2D eigenvalue weighted by Crippen LogP contribution is -2.47. The molecule has 0 aliphatic rings. The zero-order chi connectivity index (χ0) is 20.0. The van der Waals surface area contributed by atoms with Gasteiger partial charge in [0.2, 0.25) is 0 Å². The second-order valence-electron chi connectivity index (χ2n) is 6.55. The van der Waals surface area contributed by atoms with Gasteiger partial charge in [-0.25, -0.2) is 4.79 Å². The van der Waals surface area contributed by atoms with Crippen molar-refractivity contribution in [2.24, 2.45) is 0 Å². The number of carboxylic acids is 1. The zero-order valence-electron chi connectivity index (χ0n) is 15.4. The summed E-state index contributed by atoms with van der Waals surface area (Å²) in [5.74, 6) is -0.191. The number of carboxylic acid groups (broad SMARTS) is 1. The summed E-state index contributed by atoms with van der Waals surface area (Å²) in [5.41, 5.74) is -0.163. The van der Waals surface area contributed by atoms with Crippen LogP contribution in [0, 0.1) is 0 Å². The van der Waals surface area contributed by atoms with Crippen molar-refractivity contribution in [3.63, 3.8) is 0 Å². The van der Waals surface area contributed by atoms with E-state index in [-0.39, 0.29) is 5.91 Å². The summed E-state index contributed by atoms with van der Waals surface area (Å²) in [7, 11) is 1.70. The van der Waals surface area contributed by atoms with Gasteiger partial charge in [-0.05, 0) is 55.8 Å². The fourth-order valence-corrected chi connectivity index (χ4v) is 2.61. The molecule has 2 rings (SSSR count). The van der Waals surface area contributed by atoms with Crippen molar-refractivity contribution < 1.29 is 24.2 Å². The summed E-state index contributed by atoms with van der Waals surface area (Å²) in [4.78, 5) is 24.9. The molecule has 0 atom stereocenters. The average molecular weight is 392 g/mol. The summed E-state index contributed by atoms with van der Waals surface area (Å²) in [6, 6.07) is 13.8. The SMILES string of the molecule is CN(Cc1ccc(OCC(=O)O)cc1)C(=O)C(C)(C)Oc1ccc(Cl)cc1. The number of hydrogen-bond donors (Lipinski definition) is 1. The monoisotopic (exact) mass is 391 g/mol. The maximum absolute atomic E-state index is 12.8. The van der Waals surface area contributed by atoms with Gasteiger partial charge in [-0.15, -0.1) is 0 Å². The van der Waals surface area contributed by atoms with Crippen LogP contribution in [0.5, 0.6) is 11.5 Å². The van der Waals surface area contributed by atoms with Crippen LogP contribution in [-0.2, 0) is 16.1 Å². The Balaban J connectivity index is 1.97. The molecule has 2 aromatic rings. The Hall–Kier alpha value is -2.73. The molecular weight excluding hydrogens is 370 g/mol. The zero-order valence-corrected chi connectivity index (χ0v) is 16.2. The molecule has 6 nitrogen and oxygen atoms in total. The third-order valence-electron chi connectivity index (χ3n) is 3.75. The highest BCUT2D eigenvalue weighted by molar-refractivity contribution is 6.30. The van der Waals surface area contributed by atoms with Crippen LogP contribution in [0.4, 0.5) is 0 Å². The fourth-order valence-electron chi connectivity index (χ4n) is 2.48. The van der Waals surface area contributed by atoms with E-state index in [2.05, 4.69) is 0 Å². The van der Waals surface area contributed by atoms with E-state index in [1.807, 2.05) is 0 Å². The minimum atomic E-state index is -1.05. The molecule has 0 fully saturated rings. The van der Waals surface area contributed by atoms with Crippen molar-refractivity contribution in [2.75, 3.05) is 13.7 Å². The van der Waals surface area contributed by atoms with Gasteiger partial charge in [0.05, 0.1) is 0 Å². The highest BCUT2D eigenvalue weighted by atomic mass is 35.5. The molecule has 0 bridgehead atoms. The van der Waals surface area contributed by atoms with Crippen LogP contribution in [0.25, 0.3) is 0 Å². The highest BCUT2D eigenvalue weighted by Gasteiger charge is 2.32. The molecule has 0 aliphatic heterocycles. The number of aliphatic carboxylic acids is 1. The topological polar surface area (TPSA) is 76.1 Å². The maximum atomic E-state index is 12.8. The quantitative estimate of drug-likeness (QED) is 0.743. The van der Waals surface area contributed by atoms with Crippen molar-refractivity contribution in [2.45, 2.75) is 26.0 Å². The third kappa shape index (κ3) is 6.18. The van der Waals surface area contributed by atoms with Gasteiger partial charge in [0, 0.05) is 18.6 Å². The first-order valence-electron chi connectivity index (χ1n) is 8.31. The van der Waals surface area contributed by atoms with Gasteiger partial charge in [-0.1, -0.05) is 23.7 Å². The molecule has 0 spiro atoms. The normalized spacial score (nSPS) is 11.0. The Morgan fingerprint density at radius 2 is 1.59 bits per heavy atom. The van der Waals surface area contributed by atoms with Crippen molar-refractivity contribution in [3.8, 4) is 11.5 Å². The lowest BCUT2D eigenvalue weighted by atomic mass is 10.1.